The van der Waals surface area contributed by atoms with Gasteiger partial charge in [0, 0.05) is 12.0 Å². The van der Waals surface area contributed by atoms with Gasteiger partial charge in [0.1, 0.15) is 12.1 Å². The van der Waals surface area contributed by atoms with E-state index in [1.54, 1.807) is 18.2 Å². The third-order valence-electron chi connectivity index (χ3n) is 4.04. The Balaban J connectivity index is 1.49. The fourth-order valence-corrected chi connectivity index (χ4v) is 2.65. The highest BCUT2D eigenvalue weighted by atomic mass is 19.1. The van der Waals surface area contributed by atoms with E-state index in [-0.39, 0.29) is 11.7 Å². The second-order valence-electron chi connectivity index (χ2n) is 6.02. The van der Waals surface area contributed by atoms with Crippen LogP contribution in [0.4, 0.5) is 4.39 Å². The number of nitrogens with one attached hydrogen (secondary N) is 1. The average Bonchev–Trinajstić information content (AvgIpc) is 2.68. The predicted molar refractivity (Wildman–Crippen MR) is 98.7 cm³/mol. The van der Waals surface area contributed by atoms with Crippen molar-refractivity contribution in [1.82, 2.24) is 15.3 Å². The molecule has 0 spiro atoms. The Morgan fingerprint density at radius 1 is 1.00 bits per heavy atom. The highest BCUT2D eigenvalue weighted by Gasteiger charge is 2.05. The number of carbonyl (C=O) groups is 1. The van der Waals surface area contributed by atoms with Gasteiger partial charge in [0.2, 0.25) is 5.91 Å². The molecule has 0 aliphatic heterocycles. The Morgan fingerprint density at radius 2 is 1.77 bits per heavy atom. The molecule has 0 aliphatic carbocycles. The Morgan fingerprint density at radius 3 is 2.54 bits per heavy atom. The van der Waals surface area contributed by atoms with Crippen molar-refractivity contribution in [3.05, 3.63) is 84.1 Å². The van der Waals surface area contributed by atoms with Gasteiger partial charge in [0.25, 0.3) is 0 Å². The van der Waals surface area contributed by atoms with Crippen LogP contribution in [-0.4, -0.2) is 15.9 Å². The zero-order valence-corrected chi connectivity index (χ0v) is 14.4. The SMILES string of the molecule is O=C(CCCc1ccccc1)NCc1cc(-c2ccc(F)cc2)ncn1. The molecule has 2 aromatic carbocycles. The van der Waals surface area contributed by atoms with Crippen molar-refractivity contribution in [2.24, 2.45) is 0 Å². The monoisotopic (exact) mass is 349 g/mol. The summed E-state index contributed by atoms with van der Waals surface area (Å²) in [6, 6.07) is 18.1. The van der Waals surface area contributed by atoms with Crippen molar-refractivity contribution < 1.29 is 9.18 Å². The van der Waals surface area contributed by atoms with E-state index >= 15 is 0 Å². The normalized spacial score (nSPS) is 10.5. The van der Waals surface area contributed by atoms with Crippen molar-refractivity contribution in [2.75, 3.05) is 0 Å². The van der Waals surface area contributed by atoms with Gasteiger partial charge in [-0.25, -0.2) is 14.4 Å². The summed E-state index contributed by atoms with van der Waals surface area (Å²) in [5, 5.41) is 2.88. The van der Waals surface area contributed by atoms with Crippen LogP contribution in [0.25, 0.3) is 11.3 Å². The highest BCUT2D eigenvalue weighted by Crippen LogP contribution is 2.17. The standard InChI is InChI=1S/C21H20FN3O/c22-18-11-9-17(10-12-18)20-13-19(24-15-25-20)14-23-21(26)8-4-7-16-5-2-1-3-6-16/h1-3,5-6,9-13,15H,4,7-8,14H2,(H,23,26). The van der Waals surface area contributed by atoms with Gasteiger partial charge < -0.3 is 5.32 Å². The van der Waals surface area contributed by atoms with Gasteiger partial charge in [-0.2, -0.15) is 0 Å². The Kier molecular flexibility index (Phi) is 6.04. The quantitative estimate of drug-likeness (QED) is 0.703. The minimum Gasteiger partial charge on any atom is -0.350 e. The molecule has 0 bridgehead atoms. The molecule has 0 atom stereocenters. The zero-order chi connectivity index (χ0) is 18.2. The highest BCUT2D eigenvalue weighted by molar-refractivity contribution is 5.75. The number of benzene rings is 2. The molecule has 0 aliphatic rings. The number of carbonyl (C=O) groups excluding carboxylic acids is 1. The van der Waals surface area contributed by atoms with E-state index in [4.69, 9.17) is 0 Å². The first-order valence-corrected chi connectivity index (χ1v) is 8.58. The van der Waals surface area contributed by atoms with Gasteiger partial charge in [-0.05, 0) is 48.7 Å². The van der Waals surface area contributed by atoms with Crippen LogP contribution in [0.1, 0.15) is 24.1 Å². The van der Waals surface area contributed by atoms with Gasteiger partial charge >= 0.3 is 0 Å². The van der Waals surface area contributed by atoms with Crippen LogP contribution >= 0.6 is 0 Å². The lowest BCUT2D eigenvalue weighted by Gasteiger charge is -2.07. The van der Waals surface area contributed by atoms with Crippen molar-refractivity contribution in [1.29, 1.82) is 0 Å². The third kappa shape index (κ3) is 5.21. The number of aryl methyl sites for hydroxylation is 1. The average molecular weight is 349 g/mol. The lowest BCUT2D eigenvalue weighted by molar-refractivity contribution is -0.121. The van der Waals surface area contributed by atoms with Crippen molar-refractivity contribution >= 4 is 5.91 Å². The van der Waals surface area contributed by atoms with E-state index in [1.165, 1.54) is 24.0 Å². The largest absolute Gasteiger partial charge is 0.350 e. The molecule has 1 amide bonds. The van der Waals surface area contributed by atoms with Crippen LogP contribution in [0.15, 0.2) is 67.0 Å². The molecule has 0 fully saturated rings. The molecule has 0 unspecified atom stereocenters. The van der Waals surface area contributed by atoms with Crippen LogP contribution in [-0.2, 0) is 17.8 Å². The van der Waals surface area contributed by atoms with E-state index in [9.17, 15) is 9.18 Å². The Bertz CT molecular complexity index is 851. The van der Waals surface area contributed by atoms with E-state index in [0.717, 1.165) is 24.1 Å². The lowest BCUT2D eigenvalue weighted by atomic mass is 10.1. The van der Waals surface area contributed by atoms with Crippen LogP contribution in [0.5, 0.6) is 0 Å². The fourth-order valence-electron chi connectivity index (χ4n) is 2.65. The second-order valence-corrected chi connectivity index (χ2v) is 6.02. The smallest absolute Gasteiger partial charge is 0.220 e. The molecule has 26 heavy (non-hydrogen) atoms. The van der Waals surface area contributed by atoms with Gasteiger partial charge in [-0.3, -0.25) is 4.79 Å². The van der Waals surface area contributed by atoms with E-state index < -0.39 is 0 Å². The molecule has 0 saturated carbocycles. The molecular weight excluding hydrogens is 329 g/mol. The number of amides is 1. The van der Waals surface area contributed by atoms with Crippen molar-refractivity contribution in [3.8, 4) is 11.3 Å². The summed E-state index contributed by atoms with van der Waals surface area (Å²) in [4.78, 5) is 20.4. The summed E-state index contributed by atoms with van der Waals surface area (Å²) < 4.78 is 13.0. The topological polar surface area (TPSA) is 54.9 Å². The molecular formula is C21H20FN3O. The molecule has 0 saturated heterocycles. The maximum atomic E-state index is 13.0. The number of rotatable bonds is 7. The molecule has 1 aromatic heterocycles. The maximum Gasteiger partial charge on any atom is 0.220 e. The van der Waals surface area contributed by atoms with Gasteiger partial charge in [-0.15, -0.1) is 0 Å². The summed E-state index contributed by atoms with van der Waals surface area (Å²) in [5.74, 6) is -0.284. The number of halogens is 1. The lowest BCUT2D eigenvalue weighted by Crippen LogP contribution is -2.23. The number of nitrogens with zero attached hydrogens (tertiary/aromatic N) is 2. The van der Waals surface area contributed by atoms with Crippen LogP contribution in [0.3, 0.4) is 0 Å². The first-order chi connectivity index (χ1) is 12.7. The van der Waals surface area contributed by atoms with Gasteiger partial charge in [0.05, 0.1) is 17.9 Å². The number of aromatic nitrogens is 2. The summed E-state index contributed by atoms with van der Waals surface area (Å²) >= 11 is 0. The molecule has 1 heterocycles. The second kappa shape index (κ2) is 8.85. The van der Waals surface area contributed by atoms with Crippen LogP contribution < -0.4 is 5.32 Å². The van der Waals surface area contributed by atoms with Gasteiger partial charge in [0.15, 0.2) is 0 Å². The summed E-state index contributed by atoms with van der Waals surface area (Å²) in [7, 11) is 0. The number of hydrogen-bond donors (Lipinski definition) is 1. The summed E-state index contributed by atoms with van der Waals surface area (Å²) in [5.41, 5.74) is 3.47. The number of hydrogen-bond acceptors (Lipinski definition) is 3. The molecule has 1 N–H and O–H groups in total. The van der Waals surface area contributed by atoms with Crippen LogP contribution in [0, 0.1) is 5.82 Å². The first kappa shape index (κ1) is 17.7. The molecule has 0 radical (unpaired) electrons. The first-order valence-electron chi connectivity index (χ1n) is 8.58. The summed E-state index contributed by atoms with van der Waals surface area (Å²) in [6.45, 7) is 0.348. The molecule has 5 heteroatoms. The van der Waals surface area contributed by atoms with E-state index in [1.807, 2.05) is 18.2 Å². The van der Waals surface area contributed by atoms with E-state index in [2.05, 4.69) is 27.4 Å². The molecule has 3 rings (SSSR count). The third-order valence-corrected chi connectivity index (χ3v) is 4.04. The molecule has 4 nitrogen and oxygen atoms in total. The minimum atomic E-state index is -0.286. The van der Waals surface area contributed by atoms with Crippen molar-refractivity contribution in [3.63, 3.8) is 0 Å². The fraction of sp³-hybridized carbons (Fsp3) is 0.190. The Labute approximate surface area is 152 Å². The van der Waals surface area contributed by atoms with Crippen LogP contribution in [0.2, 0.25) is 0 Å². The zero-order valence-electron chi connectivity index (χ0n) is 14.4. The molecule has 3 aromatic rings. The van der Waals surface area contributed by atoms with Crippen molar-refractivity contribution in [2.45, 2.75) is 25.8 Å². The predicted octanol–water partition coefficient (Wildman–Crippen LogP) is 3.92. The summed E-state index contributed by atoms with van der Waals surface area (Å²) in [6.07, 6.45) is 3.62. The molecule has 132 valence electrons. The Hall–Kier alpha value is -3.08. The van der Waals surface area contributed by atoms with Gasteiger partial charge in [-0.1, -0.05) is 30.3 Å². The minimum absolute atomic E-state index is 0.00266. The van der Waals surface area contributed by atoms with E-state index in [0.29, 0.717) is 18.7 Å². The maximum absolute atomic E-state index is 13.0.